The van der Waals surface area contributed by atoms with Gasteiger partial charge in [0.05, 0.1) is 14.2 Å². The third-order valence-corrected chi connectivity index (χ3v) is 3.31. The molecule has 0 aliphatic heterocycles. The fraction of sp³-hybridized carbons (Fsp3) is 0.294. The van der Waals surface area contributed by atoms with Gasteiger partial charge in [-0.25, -0.2) is 0 Å². The number of methoxy groups -OCH3 is 2. The van der Waals surface area contributed by atoms with Gasteiger partial charge >= 0.3 is 0 Å². The van der Waals surface area contributed by atoms with Crippen molar-refractivity contribution in [3.63, 3.8) is 0 Å². The van der Waals surface area contributed by atoms with Crippen LogP contribution in [0, 0.1) is 6.92 Å². The van der Waals surface area contributed by atoms with Crippen molar-refractivity contribution in [2.75, 3.05) is 19.5 Å². The Labute approximate surface area is 120 Å². The van der Waals surface area contributed by atoms with Crippen LogP contribution in [-0.2, 0) is 0 Å². The zero-order valence-corrected chi connectivity index (χ0v) is 12.4. The molecule has 0 amide bonds. The highest BCUT2D eigenvalue weighted by Crippen LogP contribution is 2.28. The van der Waals surface area contributed by atoms with Gasteiger partial charge in [-0.1, -0.05) is 29.8 Å². The SMILES string of the molecule is COc1cc(NC(C)c2ccc(C)cc2)cc(OC)c1. The van der Waals surface area contributed by atoms with Crippen LogP contribution >= 0.6 is 0 Å². The Morgan fingerprint density at radius 1 is 0.900 bits per heavy atom. The molecule has 3 heteroatoms. The maximum absolute atomic E-state index is 5.28. The number of ether oxygens (including phenoxy) is 2. The fourth-order valence-electron chi connectivity index (χ4n) is 2.08. The van der Waals surface area contributed by atoms with E-state index < -0.39 is 0 Å². The Bertz CT molecular complexity index is 541. The second-order valence-electron chi connectivity index (χ2n) is 4.88. The normalized spacial score (nSPS) is 11.8. The summed E-state index contributed by atoms with van der Waals surface area (Å²) >= 11 is 0. The summed E-state index contributed by atoms with van der Waals surface area (Å²) < 4.78 is 10.6. The average molecular weight is 271 g/mol. The van der Waals surface area contributed by atoms with Crippen LogP contribution < -0.4 is 14.8 Å². The third-order valence-electron chi connectivity index (χ3n) is 3.31. The van der Waals surface area contributed by atoms with Crippen molar-refractivity contribution in [1.29, 1.82) is 0 Å². The summed E-state index contributed by atoms with van der Waals surface area (Å²) in [6, 6.07) is 14.5. The highest BCUT2D eigenvalue weighted by molar-refractivity contribution is 5.54. The second kappa shape index (κ2) is 6.33. The van der Waals surface area contributed by atoms with Crippen LogP contribution in [-0.4, -0.2) is 14.2 Å². The smallest absolute Gasteiger partial charge is 0.124 e. The number of hydrogen-bond acceptors (Lipinski definition) is 3. The number of aryl methyl sites for hydroxylation is 1. The van der Waals surface area contributed by atoms with Crippen LogP contribution in [0.15, 0.2) is 42.5 Å². The minimum absolute atomic E-state index is 0.215. The predicted octanol–water partition coefficient (Wildman–Crippen LogP) is 4.19. The van der Waals surface area contributed by atoms with Gasteiger partial charge in [-0.05, 0) is 19.4 Å². The molecule has 0 bridgehead atoms. The summed E-state index contributed by atoms with van der Waals surface area (Å²) in [5, 5.41) is 3.47. The van der Waals surface area contributed by atoms with E-state index in [0.717, 1.165) is 17.2 Å². The molecule has 2 aromatic carbocycles. The summed E-state index contributed by atoms with van der Waals surface area (Å²) in [4.78, 5) is 0. The van der Waals surface area contributed by atoms with Crippen LogP contribution in [0.1, 0.15) is 24.1 Å². The van der Waals surface area contributed by atoms with Crippen LogP contribution in [0.4, 0.5) is 5.69 Å². The molecule has 0 radical (unpaired) electrons. The monoisotopic (exact) mass is 271 g/mol. The molecule has 1 N–H and O–H groups in total. The minimum atomic E-state index is 0.215. The summed E-state index contributed by atoms with van der Waals surface area (Å²) in [6.07, 6.45) is 0. The Kier molecular flexibility index (Phi) is 4.51. The molecule has 106 valence electrons. The molecule has 1 atom stereocenters. The zero-order valence-electron chi connectivity index (χ0n) is 12.4. The molecule has 0 aliphatic carbocycles. The molecule has 1 unspecified atom stereocenters. The minimum Gasteiger partial charge on any atom is -0.497 e. The molecule has 0 aliphatic rings. The molecule has 2 aromatic rings. The fourth-order valence-corrected chi connectivity index (χ4v) is 2.08. The van der Waals surface area contributed by atoms with Crippen LogP contribution in [0.3, 0.4) is 0 Å². The van der Waals surface area contributed by atoms with E-state index in [2.05, 4.69) is 43.4 Å². The quantitative estimate of drug-likeness (QED) is 0.884. The summed E-state index contributed by atoms with van der Waals surface area (Å²) in [5.41, 5.74) is 3.50. The van der Waals surface area contributed by atoms with E-state index >= 15 is 0 Å². The van der Waals surface area contributed by atoms with Gasteiger partial charge in [0.15, 0.2) is 0 Å². The first-order chi connectivity index (χ1) is 9.62. The van der Waals surface area contributed by atoms with Crippen molar-refractivity contribution in [3.05, 3.63) is 53.6 Å². The third kappa shape index (κ3) is 3.44. The van der Waals surface area contributed by atoms with Crippen molar-refractivity contribution in [1.82, 2.24) is 0 Å². The lowest BCUT2D eigenvalue weighted by Crippen LogP contribution is -2.06. The first-order valence-corrected chi connectivity index (χ1v) is 6.68. The van der Waals surface area contributed by atoms with Crippen LogP contribution in [0.2, 0.25) is 0 Å². The van der Waals surface area contributed by atoms with Crippen molar-refractivity contribution in [3.8, 4) is 11.5 Å². The van der Waals surface area contributed by atoms with Crippen LogP contribution in [0.5, 0.6) is 11.5 Å². The average Bonchev–Trinajstić information content (AvgIpc) is 2.47. The lowest BCUT2D eigenvalue weighted by Gasteiger charge is -2.17. The highest BCUT2D eigenvalue weighted by atomic mass is 16.5. The van der Waals surface area contributed by atoms with E-state index in [4.69, 9.17) is 9.47 Å². The van der Waals surface area contributed by atoms with Crippen LogP contribution in [0.25, 0.3) is 0 Å². The second-order valence-corrected chi connectivity index (χ2v) is 4.88. The maximum Gasteiger partial charge on any atom is 0.124 e. The number of anilines is 1. The number of hydrogen-bond donors (Lipinski definition) is 1. The Morgan fingerprint density at radius 3 is 1.95 bits per heavy atom. The molecule has 0 fully saturated rings. The lowest BCUT2D eigenvalue weighted by molar-refractivity contribution is 0.394. The van der Waals surface area contributed by atoms with E-state index in [-0.39, 0.29) is 6.04 Å². The first-order valence-electron chi connectivity index (χ1n) is 6.68. The van der Waals surface area contributed by atoms with Gasteiger partial charge in [0, 0.05) is 29.9 Å². The molecule has 0 heterocycles. The van der Waals surface area contributed by atoms with Gasteiger partial charge in [0.1, 0.15) is 11.5 Å². The molecular weight excluding hydrogens is 250 g/mol. The van der Waals surface area contributed by atoms with E-state index in [1.54, 1.807) is 14.2 Å². The van der Waals surface area contributed by atoms with Crippen molar-refractivity contribution < 1.29 is 9.47 Å². The van der Waals surface area contributed by atoms with E-state index in [1.807, 2.05) is 18.2 Å². The van der Waals surface area contributed by atoms with Gasteiger partial charge in [0.2, 0.25) is 0 Å². The Balaban J connectivity index is 2.18. The van der Waals surface area contributed by atoms with Gasteiger partial charge < -0.3 is 14.8 Å². The number of benzene rings is 2. The van der Waals surface area contributed by atoms with Gasteiger partial charge in [-0.2, -0.15) is 0 Å². The van der Waals surface area contributed by atoms with E-state index in [9.17, 15) is 0 Å². The maximum atomic E-state index is 5.28. The van der Waals surface area contributed by atoms with Gasteiger partial charge in [-0.3, -0.25) is 0 Å². The molecule has 0 aromatic heterocycles. The van der Waals surface area contributed by atoms with E-state index in [0.29, 0.717) is 0 Å². The van der Waals surface area contributed by atoms with Gasteiger partial charge in [-0.15, -0.1) is 0 Å². The summed E-state index contributed by atoms with van der Waals surface area (Å²) in [7, 11) is 3.31. The molecule has 0 saturated heterocycles. The van der Waals surface area contributed by atoms with Crippen molar-refractivity contribution in [2.45, 2.75) is 19.9 Å². The summed E-state index contributed by atoms with van der Waals surface area (Å²) in [5.74, 6) is 1.56. The Hall–Kier alpha value is -2.16. The molecule has 20 heavy (non-hydrogen) atoms. The standard InChI is InChI=1S/C17H21NO2/c1-12-5-7-14(8-6-12)13(2)18-15-9-16(19-3)11-17(10-15)20-4/h5-11,13,18H,1-4H3. The lowest BCUT2D eigenvalue weighted by atomic mass is 10.1. The largest absolute Gasteiger partial charge is 0.497 e. The van der Waals surface area contributed by atoms with Crippen molar-refractivity contribution >= 4 is 5.69 Å². The predicted molar refractivity (Wildman–Crippen MR) is 82.8 cm³/mol. The zero-order chi connectivity index (χ0) is 14.5. The summed E-state index contributed by atoms with van der Waals surface area (Å²) in [6.45, 7) is 4.23. The molecule has 0 spiro atoms. The highest BCUT2D eigenvalue weighted by Gasteiger charge is 2.07. The molecule has 3 nitrogen and oxygen atoms in total. The molecule has 0 saturated carbocycles. The van der Waals surface area contributed by atoms with Crippen molar-refractivity contribution in [2.24, 2.45) is 0 Å². The number of rotatable bonds is 5. The number of nitrogens with one attached hydrogen (secondary N) is 1. The van der Waals surface area contributed by atoms with E-state index in [1.165, 1.54) is 11.1 Å². The first kappa shape index (κ1) is 14.3. The molecular formula is C17H21NO2. The van der Waals surface area contributed by atoms with Gasteiger partial charge in [0.25, 0.3) is 0 Å². The Morgan fingerprint density at radius 2 is 1.45 bits per heavy atom. The molecule has 2 rings (SSSR count). The topological polar surface area (TPSA) is 30.5 Å².